The molecule has 0 saturated carbocycles. The Morgan fingerprint density at radius 1 is 1.25 bits per heavy atom. The lowest BCUT2D eigenvalue weighted by Crippen LogP contribution is -2.35. The van der Waals surface area contributed by atoms with Crippen LogP contribution in [-0.4, -0.2) is 34.3 Å². The molecule has 1 fully saturated rings. The monoisotopic (exact) mass is 328 g/mol. The molecule has 1 aromatic carbocycles. The SMILES string of the molecule is CC(C)n1cc(C2CCN(C(=O)OC(C)(C)C)C2)c2ccccc21. The average molecular weight is 328 g/mol. The number of hydrogen-bond acceptors (Lipinski definition) is 2. The summed E-state index contributed by atoms with van der Waals surface area (Å²) < 4.78 is 7.85. The highest BCUT2D eigenvalue weighted by Gasteiger charge is 2.32. The highest BCUT2D eigenvalue weighted by Crippen LogP contribution is 2.35. The molecule has 1 atom stereocenters. The number of ether oxygens (including phenoxy) is 1. The molecule has 0 N–H and O–H groups in total. The van der Waals surface area contributed by atoms with E-state index in [4.69, 9.17) is 4.74 Å². The van der Waals surface area contributed by atoms with Gasteiger partial charge in [0.1, 0.15) is 5.60 Å². The summed E-state index contributed by atoms with van der Waals surface area (Å²) in [6.07, 6.45) is 3.07. The summed E-state index contributed by atoms with van der Waals surface area (Å²) in [5.74, 6) is 0.377. The van der Waals surface area contributed by atoms with E-state index in [1.165, 1.54) is 16.5 Å². The van der Waals surface area contributed by atoms with E-state index in [0.717, 1.165) is 19.5 Å². The normalized spacial score (nSPS) is 18.6. The second-order valence-electron chi connectivity index (χ2n) is 8.01. The molecular formula is C20H28N2O2. The Labute approximate surface area is 144 Å². The van der Waals surface area contributed by atoms with Gasteiger partial charge in [0.2, 0.25) is 0 Å². The topological polar surface area (TPSA) is 34.5 Å². The van der Waals surface area contributed by atoms with E-state index in [1.807, 2.05) is 25.7 Å². The van der Waals surface area contributed by atoms with Gasteiger partial charge in [-0.15, -0.1) is 0 Å². The van der Waals surface area contributed by atoms with Crippen molar-refractivity contribution in [1.82, 2.24) is 9.47 Å². The first-order valence-electron chi connectivity index (χ1n) is 8.83. The first-order chi connectivity index (χ1) is 11.3. The molecule has 0 bridgehead atoms. The summed E-state index contributed by atoms with van der Waals surface area (Å²) in [5, 5.41) is 1.31. The fourth-order valence-corrected chi connectivity index (χ4v) is 3.49. The smallest absolute Gasteiger partial charge is 0.410 e. The first-order valence-corrected chi connectivity index (χ1v) is 8.83. The van der Waals surface area contributed by atoms with E-state index in [2.05, 4.69) is 48.9 Å². The van der Waals surface area contributed by atoms with Crippen LogP contribution < -0.4 is 0 Å². The van der Waals surface area contributed by atoms with Crippen LogP contribution in [0, 0.1) is 0 Å². The average Bonchev–Trinajstić information content (AvgIpc) is 3.10. The van der Waals surface area contributed by atoms with Gasteiger partial charge in [-0.25, -0.2) is 4.79 Å². The summed E-state index contributed by atoms with van der Waals surface area (Å²) in [6, 6.07) is 8.98. The molecule has 1 aliphatic heterocycles. The van der Waals surface area contributed by atoms with Crippen molar-refractivity contribution in [2.75, 3.05) is 13.1 Å². The number of benzene rings is 1. The molecule has 24 heavy (non-hydrogen) atoms. The number of carbonyl (C=O) groups is 1. The Morgan fingerprint density at radius 3 is 2.62 bits per heavy atom. The van der Waals surface area contributed by atoms with E-state index in [1.54, 1.807) is 0 Å². The van der Waals surface area contributed by atoms with Crippen molar-refractivity contribution in [2.45, 2.75) is 58.6 Å². The Morgan fingerprint density at radius 2 is 1.96 bits per heavy atom. The van der Waals surface area contributed by atoms with Crippen molar-refractivity contribution in [1.29, 1.82) is 0 Å². The van der Waals surface area contributed by atoms with Crippen LogP contribution in [0.3, 0.4) is 0 Å². The third-order valence-corrected chi connectivity index (χ3v) is 4.61. The number of rotatable bonds is 2. The Balaban J connectivity index is 1.84. The van der Waals surface area contributed by atoms with Gasteiger partial charge in [-0.05, 0) is 52.7 Å². The summed E-state index contributed by atoms with van der Waals surface area (Å²) in [6.45, 7) is 11.6. The minimum atomic E-state index is -0.442. The molecule has 1 amide bonds. The van der Waals surface area contributed by atoms with Crippen molar-refractivity contribution >= 4 is 17.0 Å². The van der Waals surface area contributed by atoms with E-state index in [9.17, 15) is 4.79 Å². The molecule has 4 nitrogen and oxygen atoms in total. The van der Waals surface area contributed by atoms with E-state index < -0.39 is 5.60 Å². The highest BCUT2D eigenvalue weighted by atomic mass is 16.6. The quantitative estimate of drug-likeness (QED) is 0.782. The van der Waals surface area contributed by atoms with Crippen LogP contribution in [0.25, 0.3) is 10.9 Å². The van der Waals surface area contributed by atoms with Crippen molar-refractivity contribution in [2.24, 2.45) is 0 Å². The number of carbonyl (C=O) groups excluding carboxylic acids is 1. The number of fused-ring (bicyclic) bond motifs is 1. The van der Waals surface area contributed by atoms with E-state index in [-0.39, 0.29) is 6.09 Å². The number of hydrogen-bond donors (Lipinski definition) is 0. The van der Waals surface area contributed by atoms with Crippen molar-refractivity contribution < 1.29 is 9.53 Å². The molecule has 2 aromatic rings. The number of likely N-dealkylation sites (tertiary alicyclic amines) is 1. The molecule has 0 aliphatic carbocycles. The minimum Gasteiger partial charge on any atom is -0.444 e. The molecule has 2 heterocycles. The summed E-state index contributed by atoms with van der Waals surface area (Å²) >= 11 is 0. The maximum atomic E-state index is 12.3. The predicted octanol–water partition coefficient (Wildman–Crippen LogP) is 4.95. The molecule has 1 saturated heterocycles. The maximum Gasteiger partial charge on any atom is 0.410 e. The second-order valence-corrected chi connectivity index (χ2v) is 8.01. The minimum absolute atomic E-state index is 0.197. The van der Waals surface area contributed by atoms with Crippen LogP contribution in [0.2, 0.25) is 0 Å². The zero-order valence-corrected chi connectivity index (χ0v) is 15.4. The predicted molar refractivity (Wildman–Crippen MR) is 97.5 cm³/mol. The molecule has 130 valence electrons. The second kappa shape index (κ2) is 6.15. The third kappa shape index (κ3) is 3.28. The Kier molecular flexibility index (Phi) is 4.33. The number of para-hydroxylation sites is 1. The van der Waals surface area contributed by atoms with Gasteiger partial charge in [0.05, 0.1) is 0 Å². The van der Waals surface area contributed by atoms with Crippen molar-refractivity contribution in [3.05, 3.63) is 36.0 Å². The zero-order valence-electron chi connectivity index (χ0n) is 15.4. The third-order valence-electron chi connectivity index (χ3n) is 4.61. The van der Waals surface area contributed by atoms with Gasteiger partial charge in [0.25, 0.3) is 0 Å². The van der Waals surface area contributed by atoms with Gasteiger partial charge in [0.15, 0.2) is 0 Å². The van der Waals surface area contributed by atoms with Gasteiger partial charge < -0.3 is 14.2 Å². The van der Waals surface area contributed by atoms with Gasteiger partial charge in [0, 0.05) is 42.1 Å². The number of amides is 1. The lowest BCUT2D eigenvalue weighted by molar-refractivity contribution is 0.0292. The fourth-order valence-electron chi connectivity index (χ4n) is 3.49. The number of aromatic nitrogens is 1. The van der Waals surface area contributed by atoms with Crippen LogP contribution in [0.15, 0.2) is 30.5 Å². The first kappa shape index (κ1) is 16.9. The fraction of sp³-hybridized carbons (Fsp3) is 0.550. The molecule has 4 heteroatoms. The van der Waals surface area contributed by atoms with Gasteiger partial charge in [-0.2, -0.15) is 0 Å². The Bertz CT molecular complexity index is 740. The molecule has 1 aliphatic rings. The van der Waals surface area contributed by atoms with Crippen LogP contribution in [0.1, 0.15) is 58.6 Å². The standard InChI is InChI=1S/C20H28N2O2/c1-14(2)22-13-17(16-8-6-7-9-18(16)22)15-10-11-21(12-15)19(23)24-20(3,4)5/h6-9,13-15H,10-12H2,1-5H3. The van der Waals surface area contributed by atoms with Crippen LogP contribution in [0.4, 0.5) is 4.79 Å². The van der Waals surface area contributed by atoms with Crippen molar-refractivity contribution in [3.8, 4) is 0 Å². The molecule has 1 unspecified atom stereocenters. The summed E-state index contributed by atoms with van der Waals surface area (Å²) in [5.41, 5.74) is 2.19. The molecular weight excluding hydrogens is 300 g/mol. The molecule has 1 aromatic heterocycles. The van der Waals surface area contributed by atoms with Crippen molar-refractivity contribution in [3.63, 3.8) is 0 Å². The summed E-state index contributed by atoms with van der Waals surface area (Å²) in [7, 11) is 0. The molecule has 3 rings (SSSR count). The van der Waals surface area contributed by atoms with Crippen LogP contribution >= 0.6 is 0 Å². The highest BCUT2D eigenvalue weighted by molar-refractivity contribution is 5.85. The van der Waals surface area contributed by atoms with E-state index in [0.29, 0.717) is 12.0 Å². The van der Waals surface area contributed by atoms with Gasteiger partial charge >= 0.3 is 6.09 Å². The van der Waals surface area contributed by atoms with E-state index >= 15 is 0 Å². The number of nitrogens with zero attached hydrogens (tertiary/aromatic N) is 2. The lowest BCUT2D eigenvalue weighted by Gasteiger charge is -2.24. The molecule has 0 radical (unpaired) electrons. The maximum absolute atomic E-state index is 12.3. The van der Waals surface area contributed by atoms with Gasteiger partial charge in [-0.3, -0.25) is 0 Å². The lowest BCUT2D eigenvalue weighted by atomic mass is 9.98. The Hall–Kier alpha value is -1.97. The molecule has 0 spiro atoms. The largest absolute Gasteiger partial charge is 0.444 e. The van der Waals surface area contributed by atoms with Gasteiger partial charge in [-0.1, -0.05) is 18.2 Å². The van der Waals surface area contributed by atoms with Crippen LogP contribution in [-0.2, 0) is 4.74 Å². The van der Waals surface area contributed by atoms with Crippen LogP contribution in [0.5, 0.6) is 0 Å². The summed E-state index contributed by atoms with van der Waals surface area (Å²) in [4.78, 5) is 14.2. The zero-order chi connectivity index (χ0) is 17.5.